The Morgan fingerprint density at radius 2 is 1.72 bits per heavy atom. The van der Waals surface area contributed by atoms with Crippen LogP contribution >= 0.6 is 0 Å². The van der Waals surface area contributed by atoms with Gasteiger partial charge in [0.05, 0.1) is 5.69 Å². The van der Waals surface area contributed by atoms with Crippen molar-refractivity contribution in [3.63, 3.8) is 0 Å². The molecule has 6 heteroatoms. The van der Waals surface area contributed by atoms with E-state index in [0.29, 0.717) is 5.84 Å². The van der Waals surface area contributed by atoms with E-state index in [1.54, 1.807) is 24.8 Å². The van der Waals surface area contributed by atoms with Gasteiger partial charge < -0.3 is 4.90 Å². The average molecular weight is 328 g/mol. The second kappa shape index (κ2) is 6.60. The van der Waals surface area contributed by atoms with Crippen LogP contribution in [0.2, 0.25) is 0 Å². The molecule has 1 aliphatic heterocycles. The Hall–Kier alpha value is -3.41. The van der Waals surface area contributed by atoms with Gasteiger partial charge in [0.15, 0.2) is 17.8 Å². The first-order valence-corrected chi connectivity index (χ1v) is 7.95. The Bertz CT molecular complexity index is 906. The van der Waals surface area contributed by atoms with E-state index in [0.717, 1.165) is 22.8 Å². The van der Waals surface area contributed by atoms with Crippen LogP contribution in [0.3, 0.4) is 0 Å². The van der Waals surface area contributed by atoms with Gasteiger partial charge in [-0.3, -0.25) is 15.0 Å². The van der Waals surface area contributed by atoms with Crippen molar-refractivity contribution in [1.29, 1.82) is 0 Å². The van der Waals surface area contributed by atoms with Crippen molar-refractivity contribution in [3.8, 4) is 0 Å². The fourth-order valence-electron chi connectivity index (χ4n) is 2.69. The Labute approximate surface area is 145 Å². The van der Waals surface area contributed by atoms with Gasteiger partial charge >= 0.3 is 0 Å². The molecule has 1 aliphatic rings. The van der Waals surface area contributed by atoms with Crippen LogP contribution in [0.25, 0.3) is 0 Å². The Morgan fingerprint density at radius 3 is 2.40 bits per heavy atom. The maximum atomic E-state index is 4.80. The minimum absolute atomic E-state index is 0.272. The highest BCUT2D eigenvalue weighted by atomic mass is 15.3. The highest BCUT2D eigenvalue weighted by Crippen LogP contribution is 2.26. The van der Waals surface area contributed by atoms with Gasteiger partial charge in [0.25, 0.3) is 0 Å². The van der Waals surface area contributed by atoms with E-state index < -0.39 is 0 Å². The number of rotatable bonds is 3. The van der Waals surface area contributed by atoms with Crippen LogP contribution in [0.5, 0.6) is 0 Å². The molecule has 0 amide bonds. The molecule has 6 nitrogen and oxygen atoms in total. The van der Waals surface area contributed by atoms with Crippen LogP contribution in [0, 0.1) is 0 Å². The van der Waals surface area contributed by atoms with Gasteiger partial charge in [-0.05, 0) is 36.4 Å². The molecule has 4 heterocycles. The maximum Gasteiger partial charge on any atom is 0.167 e. The zero-order chi connectivity index (χ0) is 17.1. The number of amidine groups is 2. The smallest absolute Gasteiger partial charge is 0.167 e. The lowest BCUT2D eigenvalue weighted by atomic mass is 10.2. The summed E-state index contributed by atoms with van der Waals surface area (Å²) in [6.45, 7) is 0. The summed E-state index contributed by atoms with van der Waals surface area (Å²) in [7, 11) is 1.95. The van der Waals surface area contributed by atoms with Crippen molar-refractivity contribution in [1.82, 2.24) is 19.9 Å². The van der Waals surface area contributed by atoms with Crippen molar-refractivity contribution >= 4 is 11.7 Å². The standard InChI is InChI=1S/C19H16N6/c1-25-18(15-8-2-4-11-21-15)23-17(14-7-6-10-20-13-14)24-19(25)16-9-3-5-12-22-16/h2-13,18H,1H3. The Balaban J connectivity index is 1.84. The minimum Gasteiger partial charge on any atom is -0.331 e. The van der Waals surface area contributed by atoms with Crippen molar-refractivity contribution in [3.05, 3.63) is 90.3 Å². The van der Waals surface area contributed by atoms with Gasteiger partial charge in [0.1, 0.15) is 5.69 Å². The second-order valence-electron chi connectivity index (χ2n) is 5.58. The van der Waals surface area contributed by atoms with Gasteiger partial charge in [0.2, 0.25) is 0 Å². The number of pyridine rings is 3. The molecule has 0 fully saturated rings. The van der Waals surface area contributed by atoms with E-state index >= 15 is 0 Å². The lowest BCUT2D eigenvalue weighted by Gasteiger charge is -2.31. The van der Waals surface area contributed by atoms with Crippen LogP contribution < -0.4 is 0 Å². The van der Waals surface area contributed by atoms with Crippen LogP contribution in [-0.2, 0) is 0 Å². The molecular formula is C19H16N6. The monoisotopic (exact) mass is 328 g/mol. The summed E-state index contributed by atoms with van der Waals surface area (Å²) in [5.74, 6) is 1.38. The second-order valence-corrected chi connectivity index (χ2v) is 5.58. The third-order valence-electron chi connectivity index (χ3n) is 3.92. The van der Waals surface area contributed by atoms with Crippen LogP contribution in [0.4, 0.5) is 0 Å². The number of nitrogens with zero attached hydrogens (tertiary/aromatic N) is 6. The first kappa shape index (κ1) is 15.1. The zero-order valence-electron chi connectivity index (χ0n) is 13.7. The molecule has 3 aromatic rings. The molecule has 0 saturated carbocycles. The summed E-state index contributed by atoms with van der Waals surface area (Å²) in [4.78, 5) is 24.6. The molecule has 4 rings (SSSR count). The van der Waals surface area contributed by atoms with Crippen LogP contribution in [-0.4, -0.2) is 38.6 Å². The molecule has 0 radical (unpaired) electrons. The van der Waals surface area contributed by atoms with E-state index in [2.05, 4.69) is 15.0 Å². The fourth-order valence-corrected chi connectivity index (χ4v) is 2.69. The molecule has 1 atom stereocenters. The quantitative estimate of drug-likeness (QED) is 0.741. The van der Waals surface area contributed by atoms with Crippen LogP contribution in [0.1, 0.15) is 23.1 Å². The number of hydrogen-bond acceptors (Lipinski definition) is 6. The van der Waals surface area contributed by atoms with E-state index in [4.69, 9.17) is 9.98 Å². The predicted octanol–water partition coefficient (Wildman–Crippen LogP) is 2.71. The first-order valence-electron chi connectivity index (χ1n) is 7.95. The molecule has 0 saturated heterocycles. The summed E-state index contributed by atoms with van der Waals surface area (Å²) in [5, 5.41) is 0. The Kier molecular flexibility index (Phi) is 4.00. The largest absolute Gasteiger partial charge is 0.331 e. The van der Waals surface area contributed by atoms with Crippen molar-refractivity contribution in [2.24, 2.45) is 9.98 Å². The lowest BCUT2D eigenvalue weighted by molar-refractivity contribution is 0.374. The summed E-state index contributed by atoms with van der Waals surface area (Å²) < 4.78 is 0. The third-order valence-corrected chi connectivity index (χ3v) is 3.92. The molecule has 1 unspecified atom stereocenters. The third kappa shape index (κ3) is 3.01. The molecule has 122 valence electrons. The molecule has 0 bridgehead atoms. The van der Waals surface area contributed by atoms with Gasteiger partial charge in [0, 0.05) is 37.4 Å². The molecule has 0 aliphatic carbocycles. The average Bonchev–Trinajstić information content (AvgIpc) is 2.70. The highest BCUT2D eigenvalue weighted by Gasteiger charge is 2.27. The first-order chi connectivity index (χ1) is 12.3. The number of aliphatic imine (C=N–C) groups is 2. The lowest BCUT2D eigenvalue weighted by Crippen LogP contribution is -2.36. The number of hydrogen-bond donors (Lipinski definition) is 0. The summed E-state index contributed by atoms with van der Waals surface area (Å²) >= 11 is 0. The Morgan fingerprint density at radius 1 is 0.880 bits per heavy atom. The molecule has 3 aromatic heterocycles. The summed E-state index contributed by atoms with van der Waals surface area (Å²) in [6.07, 6.45) is 6.76. The van der Waals surface area contributed by atoms with Crippen LogP contribution in [0.15, 0.2) is 83.3 Å². The SMILES string of the molecule is CN1C(c2ccccn2)=NC(c2cccnc2)=NC1c1ccccn1. The van der Waals surface area contributed by atoms with Gasteiger partial charge in [-0.1, -0.05) is 12.1 Å². The molecule has 0 N–H and O–H groups in total. The fraction of sp³-hybridized carbons (Fsp3) is 0.105. The van der Waals surface area contributed by atoms with Gasteiger partial charge in [-0.25, -0.2) is 9.98 Å². The van der Waals surface area contributed by atoms with E-state index in [-0.39, 0.29) is 6.17 Å². The summed E-state index contributed by atoms with van der Waals surface area (Å²) in [5.41, 5.74) is 2.52. The van der Waals surface area contributed by atoms with Crippen molar-refractivity contribution < 1.29 is 0 Å². The highest BCUT2D eigenvalue weighted by molar-refractivity contribution is 6.12. The molecular weight excluding hydrogens is 312 g/mol. The van der Waals surface area contributed by atoms with E-state index in [1.807, 2.05) is 60.5 Å². The normalized spacial score (nSPS) is 17.0. The predicted molar refractivity (Wildman–Crippen MR) is 96.3 cm³/mol. The topological polar surface area (TPSA) is 66.6 Å². The minimum atomic E-state index is -0.272. The molecule has 25 heavy (non-hydrogen) atoms. The van der Waals surface area contributed by atoms with Crippen molar-refractivity contribution in [2.75, 3.05) is 7.05 Å². The summed E-state index contributed by atoms with van der Waals surface area (Å²) in [6, 6.07) is 15.4. The number of aromatic nitrogens is 3. The van der Waals surface area contributed by atoms with Gasteiger partial charge in [-0.2, -0.15) is 0 Å². The maximum absolute atomic E-state index is 4.80. The van der Waals surface area contributed by atoms with E-state index in [1.165, 1.54) is 0 Å². The van der Waals surface area contributed by atoms with Crippen molar-refractivity contribution in [2.45, 2.75) is 6.17 Å². The zero-order valence-corrected chi connectivity index (χ0v) is 13.7. The van der Waals surface area contributed by atoms with Gasteiger partial charge in [-0.15, -0.1) is 0 Å². The molecule has 0 aromatic carbocycles. The van der Waals surface area contributed by atoms with E-state index in [9.17, 15) is 0 Å². The molecule has 0 spiro atoms.